The van der Waals surface area contributed by atoms with Gasteiger partial charge >= 0.3 is 22.9 Å². The molecular weight excluding hydrogens is 1360 g/mol. The van der Waals surface area contributed by atoms with Crippen LogP contribution in [-0.2, 0) is 64.8 Å². The Bertz CT molecular complexity index is 3820. The van der Waals surface area contributed by atoms with Gasteiger partial charge in [0.15, 0.2) is 21.0 Å². The van der Waals surface area contributed by atoms with Gasteiger partial charge in [-0.05, 0) is 74.9 Å². The predicted octanol–water partition coefficient (Wildman–Crippen LogP) is 8.96. The Labute approximate surface area is 533 Å². The van der Waals surface area contributed by atoms with Gasteiger partial charge in [0.05, 0.1) is 71.5 Å². The van der Waals surface area contributed by atoms with Crippen molar-refractivity contribution in [2.45, 2.75) is 116 Å². The highest BCUT2D eigenvalue weighted by atomic mass is 35.5. The molecule has 34 nitrogen and oxygen atoms in total. The van der Waals surface area contributed by atoms with Crippen LogP contribution in [0.15, 0.2) is 63.5 Å². The van der Waals surface area contributed by atoms with E-state index in [1.54, 1.807) is 48.8 Å². The molecule has 7 aromatic rings. The van der Waals surface area contributed by atoms with Crippen LogP contribution in [0.3, 0.4) is 0 Å². The predicted molar refractivity (Wildman–Crippen MR) is 332 cm³/mol. The number of sulfone groups is 3. The molecule has 0 aliphatic rings. The maximum absolute atomic E-state index is 12.3. The van der Waals surface area contributed by atoms with Crippen molar-refractivity contribution in [1.29, 1.82) is 0 Å². The van der Waals surface area contributed by atoms with E-state index in [2.05, 4.69) is 63.4 Å². The molecule has 0 radical (unpaired) electrons. The van der Waals surface area contributed by atoms with Gasteiger partial charge < -0.3 is 21.2 Å². The molecule has 0 saturated carbocycles. The van der Waals surface area contributed by atoms with Crippen molar-refractivity contribution < 1.29 is 44.9 Å². The lowest BCUT2D eigenvalue weighted by Gasteiger charge is -2.09. The standard InChI is InChI=1S/C11H13Cl2N5O2S.C7H11N3O4S.C7H11N3O2S.C7H13N3O2S.C4HCl3N2.C4H4N4O4.C3H8S/c1-6(2)21(19,20)10-8(5-18(3)17-10)15-9-7(12)4-14-11(13)16-9;1-5(2)15(13,14)7-6(10(11)12)4-9(3)8-7;1-5(2)13-7-6(10(11)12)4-9(3)8-7;1-5(2)13(11,12)7-6(8)4-10(3)9-7;5-2-1-8-4(7)9-3(2)6;1-6-2-3(7(9)10)4(5-6)8(11)12;1-3(2)4/h4-6H,1-3H3,(H,14,15,16);4-5H,1-3H3;4-5H,1-3H3;4-5H,8H2,1-3H3;1H;2H,1H3;3-4H,1-2H3. The number of aromatic nitrogens is 14. The molecule has 3 N–H and O–H groups in total. The molecule has 0 amide bonds. The first kappa shape index (κ1) is 78.4. The first-order valence-corrected chi connectivity index (χ1v) is 32.1. The number of nitrogens with zero attached hydrogens (tertiary/aromatic N) is 18. The summed E-state index contributed by atoms with van der Waals surface area (Å²) in [6.07, 6.45) is 9.17. The number of thiol groups is 1. The second kappa shape index (κ2) is 34.2. The van der Waals surface area contributed by atoms with Crippen molar-refractivity contribution in [3.8, 4) is 0 Å². The van der Waals surface area contributed by atoms with Gasteiger partial charge in [-0.1, -0.05) is 74.3 Å². The van der Waals surface area contributed by atoms with Gasteiger partial charge in [-0.3, -0.25) is 49.1 Å². The van der Waals surface area contributed by atoms with Crippen molar-refractivity contribution in [2.24, 2.45) is 35.2 Å². The Kier molecular flexibility index (Phi) is 30.9. The number of nitrogens with two attached hydrogens (primary N) is 1. The Hall–Kier alpha value is -6.59. The molecule has 7 aromatic heterocycles. The lowest BCUT2D eigenvalue weighted by atomic mass is 10.5. The van der Waals surface area contributed by atoms with E-state index in [4.69, 9.17) is 63.7 Å². The molecule has 44 heteroatoms. The second-order valence-electron chi connectivity index (χ2n) is 18.4. The van der Waals surface area contributed by atoms with Gasteiger partial charge in [0, 0.05) is 45.8 Å². The zero-order valence-corrected chi connectivity index (χ0v) is 56.7. The van der Waals surface area contributed by atoms with E-state index in [1.807, 2.05) is 27.7 Å². The Morgan fingerprint density at radius 3 is 1.32 bits per heavy atom. The lowest BCUT2D eigenvalue weighted by molar-refractivity contribution is -0.424. The van der Waals surface area contributed by atoms with Gasteiger partial charge in [-0.15, -0.1) is 0 Å². The van der Waals surface area contributed by atoms with Gasteiger partial charge in [-0.25, -0.2) is 40.2 Å². The molecule has 0 aliphatic heterocycles. The third-order valence-corrected chi connectivity index (χ3v) is 17.9. The monoisotopic (exact) mass is 1420 g/mol. The van der Waals surface area contributed by atoms with E-state index in [0.29, 0.717) is 20.5 Å². The number of anilines is 3. The minimum absolute atomic E-state index is 0.000873. The van der Waals surface area contributed by atoms with Crippen LogP contribution in [0.5, 0.6) is 0 Å². The SMILES string of the molecule is CC(C)S.CC(C)S(=O)(=O)c1nn(C)cc1N.CC(C)S(=O)(=O)c1nn(C)cc1Nc1nc(Cl)ncc1Cl.CC(C)S(=O)(=O)c1nn(C)cc1[N+](=O)[O-].CC(C)Sc1nn(C)cc1[N+](=O)[O-].Clc1ncc(Cl)c(Cl)n1.Cn1cc([N+](=O)[O-])c([N+](=O)[O-])n1. The van der Waals surface area contributed by atoms with Crippen molar-refractivity contribution in [3.63, 3.8) is 0 Å². The average Bonchev–Trinajstić information content (AvgIpc) is 1.99. The van der Waals surface area contributed by atoms with E-state index < -0.39 is 87.2 Å². The fourth-order valence-corrected chi connectivity index (χ4v) is 10.2. The lowest BCUT2D eigenvalue weighted by Crippen LogP contribution is -2.16. The summed E-state index contributed by atoms with van der Waals surface area (Å²) in [7, 11) is -2.84. The first-order chi connectivity index (χ1) is 39.8. The van der Waals surface area contributed by atoms with Crippen molar-refractivity contribution in [1.82, 2.24) is 68.8 Å². The zero-order chi connectivity index (χ0) is 67.5. The maximum atomic E-state index is 12.3. The molecule has 7 heterocycles. The summed E-state index contributed by atoms with van der Waals surface area (Å²) < 4.78 is 77.6. The maximum Gasteiger partial charge on any atom is 0.467 e. The molecule has 0 atom stereocenters. The molecule has 0 spiro atoms. The second-order valence-corrected chi connectivity index (χ2v) is 30.1. The summed E-state index contributed by atoms with van der Waals surface area (Å²) in [5.41, 5.74) is 5.00. The molecule has 0 aromatic carbocycles. The van der Waals surface area contributed by atoms with Gasteiger partial charge in [0.2, 0.25) is 45.1 Å². The van der Waals surface area contributed by atoms with Crippen LogP contribution in [-0.4, -0.2) is 140 Å². The number of rotatable bonds is 14. The first-order valence-electron chi connectivity index (χ1n) is 24.2. The molecule has 87 heavy (non-hydrogen) atoms. The van der Waals surface area contributed by atoms with Crippen molar-refractivity contribution in [3.05, 3.63) is 110 Å². The third-order valence-electron chi connectivity index (χ3n) is 9.38. The number of hydrogen-bond acceptors (Lipinski definition) is 27. The smallest absolute Gasteiger partial charge is 0.395 e. The highest BCUT2D eigenvalue weighted by molar-refractivity contribution is 8.00. The molecule has 0 fully saturated rings. The Balaban J connectivity index is 0.000000524. The number of thioether (sulfide) groups is 1. The molecule has 0 unspecified atom stereocenters. The number of hydrogen-bond donors (Lipinski definition) is 3. The molecule has 0 aliphatic carbocycles. The number of nitrogens with one attached hydrogen (secondary N) is 1. The highest BCUT2D eigenvalue weighted by Crippen LogP contribution is 2.32. The van der Waals surface area contributed by atoms with Gasteiger partial charge in [0.25, 0.3) is 5.03 Å². The molecule has 0 saturated heterocycles. The molecule has 0 bridgehead atoms. The van der Waals surface area contributed by atoms with E-state index in [-0.39, 0.29) is 53.7 Å². The van der Waals surface area contributed by atoms with E-state index >= 15 is 0 Å². The van der Waals surface area contributed by atoms with Crippen molar-refractivity contribution >= 4 is 152 Å². The van der Waals surface area contributed by atoms with Gasteiger partial charge in [-0.2, -0.15) is 42.7 Å². The average molecular weight is 1420 g/mol. The van der Waals surface area contributed by atoms with E-state index in [9.17, 15) is 65.7 Å². The van der Waals surface area contributed by atoms with Crippen LogP contribution < -0.4 is 11.1 Å². The fourth-order valence-electron chi connectivity index (χ4n) is 5.42. The summed E-state index contributed by atoms with van der Waals surface area (Å²) in [6, 6.07) is 0. The zero-order valence-electron chi connectivity index (χ0n) is 48.7. The number of aryl methyl sites for hydroxylation is 5. The van der Waals surface area contributed by atoms with Crippen molar-refractivity contribution in [2.75, 3.05) is 11.1 Å². The summed E-state index contributed by atoms with van der Waals surface area (Å²) in [6.45, 7) is 17.3. The minimum atomic E-state index is -3.71. The van der Waals surface area contributed by atoms with Crippen LogP contribution in [0.2, 0.25) is 25.8 Å². The van der Waals surface area contributed by atoms with Gasteiger partial charge in [0.1, 0.15) is 23.6 Å². The van der Waals surface area contributed by atoms with Crippen LogP contribution in [0.1, 0.15) is 69.2 Å². The summed E-state index contributed by atoms with van der Waals surface area (Å²) in [5, 5.41) is 62.8. The van der Waals surface area contributed by atoms with Crippen LogP contribution in [0.25, 0.3) is 0 Å². The Morgan fingerprint density at radius 2 is 0.908 bits per heavy atom. The van der Waals surface area contributed by atoms with Crippen LogP contribution in [0, 0.1) is 40.5 Å². The molecular formula is C43H61Cl5N20O14S5. The largest absolute Gasteiger partial charge is 0.467 e. The Morgan fingerprint density at radius 1 is 0.529 bits per heavy atom. The topological polar surface area (TPSA) is 454 Å². The quantitative estimate of drug-likeness (QED) is 0.0228. The van der Waals surface area contributed by atoms with E-state index in [0.717, 1.165) is 21.8 Å². The summed E-state index contributed by atoms with van der Waals surface area (Å²) in [5.74, 6) is -0.521. The van der Waals surface area contributed by atoms with Crippen LogP contribution in [0.4, 0.5) is 40.1 Å². The third kappa shape index (κ3) is 24.5. The number of nitro groups is 4. The number of halogens is 5. The summed E-state index contributed by atoms with van der Waals surface area (Å²) in [4.78, 5) is 53.4. The molecule has 482 valence electrons. The van der Waals surface area contributed by atoms with E-state index in [1.165, 1.54) is 84.7 Å². The summed E-state index contributed by atoms with van der Waals surface area (Å²) >= 11 is 33.3. The molecule has 7 rings (SSSR count). The minimum Gasteiger partial charge on any atom is -0.395 e. The normalized spacial score (nSPS) is 11.1. The highest BCUT2D eigenvalue weighted by Gasteiger charge is 2.33. The number of nitrogen functional groups attached to an aromatic ring is 1. The van der Waals surface area contributed by atoms with Crippen LogP contribution >= 0.6 is 82.4 Å². The fraction of sp³-hybridized carbons (Fsp3) is 0.465.